The minimum atomic E-state index is -4.21. The lowest BCUT2D eigenvalue weighted by Crippen LogP contribution is -2.33. The molecule has 1 atom stereocenters. The molecule has 0 aliphatic carbocycles. The van der Waals surface area contributed by atoms with Gasteiger partial charge in [-0.05, 0) is 6.42 Å². The van der Waals surface area contributed by atoms with Gasteiger partial charge in [0.25, 0.3) is 0 Å². The first-order chi connectivity index (χ1) is 6.09. The predicted octanol–water partition coefficient (Wildman–Crippen LogP) is 1.80. The van der Waals surface area contributed by atoms with Crippen molar-refractivity contribution in [1.29, 1.82) is 0 Å². The molecule has 0 aromatic carbocycles. The number of aromatic nitrogens is 2. The molecule has 0 radical (unpaired) electrons. The van der Waals surface area contributed by atoms with Gasteiger partial charge in [0.1, 0.15) is 5.82 Å². The molecule has 0 bridgehead atoms. The Morgan fingerprint density at radius 1 is 1.54 bits per heavy atom. The van der Waals surface area contributed by atoms with E-state index in [1.807, 2.05) is 0 Å². The van der Waals surface area contributed by atoms with Gasteiger partial charge in [0.2, 0.25) is 0 Å². The molecule has 6 heteroatoms. The third-order valence-corrected chi connectivity index (χ3v) is 2.07. The van der Waals surface area contributed by atoms with Gasteiger partial charge in [-0.15, -0.1) is 0 Å². The second-order valence-electron chi connectivity index (χ2n) is 2.93. The number of nitrogens with one attached hydrogen (secondary N) is 1. The highest BCUT2D eigenvalue weighted by atomic mass is 19.4. The fourth-order valence-electron chi connectivity index (χ4n) is 1.46. The molecule has 0 unspecified atom stereocenters. The number of nitrogens with zero attached hydrogens (tertiary/aromatic N) is 2. The van der Waals surface area contributed by atoms with Crippen LogP contribution in [0.2, 0.25) is 0 Å². The van der Waals surface area contributed by atoms with Crippen LogP contribution >= 0.6 is 0 Å². The van der Waals surface area contributed by atoms with E-state index in [0.29, 0.717) is 12.4 Å². The van der Waals surface area contributed by atoms with Crippen molar-refractivity contribution in [2.24, 2.45) is 0 Å². The maximum Gasteiger partial charge on any atom is 0.410 e. The monoisotopic (exact) mass is 191 g/mol. The molecule has 1 aromatic rings. The number of fused-ring (bicyclic) bond motifs is 1. The number of hydrogen-bond donors (Lipinski definition) is 1. The zero-order valence-electron chi connectivity index (χ0n) is 6.67. The SMILES string of the molecule is FC(F)(F)[C@H]1CCNc2ccnn21. The van der Waals surface area contributed by atoms with Crippen molar-refractivity contribution in [3.05, 3.63) is 12.3 Å². The van der Waals surface area contributed by atoms with Crippen molar-refractivity contribution in [3.8, 4) is 0 Å². The van der Waals surface area contributed by atoms with Gasteiger partial charge in [0.15, 0.2) is 6.04 Å². The quantitative estimate of drug-likeness (QED) is 0.677. The van der Waals surface area contributed by atoms with Crippen LogP contribution in [0.15, 0.2) is 12.3 Å². The summed E-state index contributed by atoms with van der Waals surface area (Å²) < 4.78 is 38.2. The van der Waals surface area contributed by atoms with Crippen LogP contribution in [0.5, 0.6) is 0 Å². The first-order valence-corrected chi connectivity index (χ1v) is 3.93. The zero-order valence-corrected chi connectivity index (χ0v) is 6.67. The highest BCUT2D eigenvalue weighted by Crippen LogP contribution is 2.36. The molecule has 0 saturated heterocycles. The summed E-state index contributed by atoms with van der Waals surface area (Å²) in [5.41, 5.74) is 0. The van der Waals surface area contributed by atoms with Crippen LogP contribution in [0, 0.1) is 0 Å². The van der Waals surface area contributed by atoms with Gasteiger partial charge in [0.05, 0.1) is 6.20 Å². The average molecular weight is 191 g/mol. The Bertz CT molecular complexity index is 304. The molecular weight excluding hydrogens is 183 g/mol. The van der Waals surface area contributed by atoms with Gasteiger partial charge in [-0.2, -0.15) is 18.3 Å². The molecule has 1 aromatic heterocycles. The average Bonchev–Trinajstić information content (AvgIpc) is 2.48. The van der Waals surface area contributed by atoms with Crippen LogP contribution in [0.3, 0.4) is 0 Å². The van der Waals surface area contributed by atoms with Crippen LogP contribution in [0.25, 0.3) is 0 Å². The fraction of sp³-hybridized carbons (Fsp3) is 0.571. The van der Waals surface area contributed by atoms with Crippen molar-refractivity contribution in [2.75, 3.05) is 11.9 Å². The van der Waals surface area contributed by atoms with E-state index in [9.17, 15) is 13.2 Å². The molecule has 13 heavy (non-hydrogen) atoms. The van der Waals surface area contributed by atoms with E-state index in [4.69, 9.17) is 0 Å². The Kier molecular flexibility index (Phi) is 1.71. The predicted molar refractivity (Wildman–Crippen MR) is 40.4 cm³/mol. The number of hydrogen-bond acceptors (Lipinski definition) is 2. The largest absolute Gasteiger partial charge is 0.410 e. The van der Waals surface area contributed by atoms with Gasteiger partial charge >= 0.3 is 6.18 Å². The molecule has 2 rings (SSSR count). The minimum Gasteiger partial charge on any atom is -0.370 e. The number of anilines is 1. The second kappa shape index (κ2) is 2.65. The van der Waals surface area contributed by atoms with Gasteiger partial charge in [-0.25, -0.2) is 4.68 Å². The van der Waals surface area contributed by atoms with E-state index in [2.05, 4.69) is 10.4 Å². The normalized spacial score (nSPS) is 22.2. The molecule has 0 amide bonds. The first kappa shape index (κ1) is 8.40. The van der Waals surface area contributed by atoms with Crippen molar-refractivity contribution in [1.82, 2.24) is 9.78 Å². The van der Waals surface area contributed by atoms with E-state index in [1.165, 1.54) is 12.3 Å². The summed E-state index contributed by atoms with van der Waals surface area (Å²) in [4.78, 5) is 0. The smallest absolute Gasteiger partial charge is 0.370 e. The van der Waals surface area contributed by atoms with Crippen molar-refractivity contribution in [2.45, 2.75) is 18.6 Å². The van der Waals surface area contributed by atoms with Gasteiger partial charge in [0, 0.05) is 12.6 Å². The van der Waals surface area contributed by atoms with Gasteiger partial charge in [-0.1, -0.05) is 0 Å². The van der Waals surface area contributed by atoms with Crippen molar-refractivity contribution < 1.29 is 13.2 Å². The molecule has 0 fully saturated rings. The number of rotatable bonds is 0. The molecule has 1 aliphatic rings. The van der Waals surface area contributed by atoms with E-state index >= 15 is 0 Å². The Labute approximate surface area is 72.5 Å². The Hall–Kier alpha value is -1.20. The molecule has 3 nitrogen and oxygen atoms in total. The topological polar surface area (TPSA) is 29.9 Å². The van der Waals surface area contributed by atoms with Crippen molar-refractivity contribution in [3.63, 3.8) is 0 Å². The van der Waals surface area contributed by atoms with E-state index in [-0.39, 0.29) is 6.42 Å². The zero-order chi connectivity index (χ0) is 9.47. The molecule has 1 N–H and O–H groups in total. The molecule has 0 spiro atoms. The lowest BCUT2D eigenvalue weighted by molar-refractivity contribution is -0.171. The first-order valence-electron chi connectivity index (χ1n) is 3.93. The summed E-state index contributed by atoms with van der Waals surface area (Å²) in [6.07, 6.45) is -2.80. The maximum atomic E-state index is 12.4. The summed E-state index contributed by atoms with van der Waals surface area (Å²) >= 11 is 0. The summed E-state index contributed by atoms with van der Waals surface area (Å²) in [5.74, 6) is 0.438. The van der Waals surface area contributed by atoms with Crippen LogP contribution < -0.4 is 5.32 Å². The van der Waals surface area contributed by atoms with Crippen molar-refractivity contribution >= 4 is 5.82 Å². The highest BCUT2D eigenvalue weighted by Gasteiger charge is 2.43. The number of alkyl halides is 3. The maximum absolute atomic E-state index is 12.4. The number of halogens is 3. The summed E-state index contributed by atoms with van der Waals surface area (Å²) in [5, 5.41) is 6.48. The van der Waals surface area contributed by atoms with Gasteiger partial charge < -0.3 is 5.32 Å². The highest BCUT2D eigenvalue weighted by molar-refractivity contribution is 5.36. The Morgan fingerprint density at radius 2 is 2.31 bits per heavy atom. The molecule has 0 saturated carbocycles. The minimum absolute atomic E-state index is 0.0399. The molecule has 1 aliphatic heterocycles. The summed E-state index contributed by atoms with van der Waals surface area (Å²) in [7, 11) is 0. The van der Waals surface area contributed by atoms with Crippen LogP contribution in [0.1, 0.15) is 12.5 Å². The Balaban J connectivity index is 2.35. The van der Waals surface area contributed by atoms with Gasteiger partial charge in [-0.3, -0.25) is 0 Å². The van der Waals surface area contributed by atoms with Crippen LogP contribution in [-0.2, 0) is 0 Å². The van der Waals surface area contributed by atoms with E-state index in [1.54, 1.807) is 0 Å². The Morgan fingerprint density at radius 3 is 3.00 bits per heavy atom. The summed E-state index contributed by atoms with van der Waals surface area (Å²) in [6.45, 7) is 0.343. The third-order valence-electron chi connectivity index (χ3n) is 2.07. The lowest BCUT2D eigenvalue weighted by Gasteiger charge is -2.27. The second-order valence-corrected chi connectivity index (χ2v) is 2.93. The molecular formula is C7H8F3N3. The third kappa shape index (κ3) is 1.36. The summed E-state index contributed by atoms with van der Waals surface area (Å²) in [6, 6.07) is 0.0662. The lowest BCUT2D eigenvalue weighted by atomic mass is 10.1. The standard InChI is InChI=1S/C7H8F3N3/c8-7(9,10)5-1-3-11-6-2-4-12-13(5)6/h2,4-5,11H,1,3H2/t5-/m1/s1. The van der Waals surface area contributed by atoms with Crippen LogP contribution in [-0.4, -0.2) is 22.5 Å². The van der Waals surface area contributed by atoms with E-state index < -0.39 is 12.2 Å². The van der Waals surface area contributed by atoms with Crippen LogP contribution in [0.4, 0.5) is 19.0 Å². The fourth-order valence-corrected chi connectivity index (χ4v) is 1.46. The molecule has 2 heterocycles. The molecule has 72 valence electrons. The van der Waals surface area contributed by atoms with E-state index in [0.717, 1.165) is 4.68 Å².